The van der Waals surface area contributed by atoms with Crippen LogP contribution in [0.15, 0.2) is 42.5 Å². The Labute approximate surface area is 158 Å². The van der Waals surface area contributed by atoms with Crippen LogP contribution < -0.4 is 10.1 Å². The monoisotopic (exact) mass is 375 g/mol. The normalized spacial score (nSPS) is 11.5. The topological polar surface area (TPSA) is 64.6 Å². The van der Waals surface area contributed by atoms with Crippen molar-refractivity contribution in [1.82, 2.24) is 0 Å². The smallest absolute Gasteiger partial charge is 0.313 e. The molecule has 0 spiro atoms. The second kappa shape index (κ2) is 9.25. The quantitative estimate of drug-likeness (QED) is 0.731. The molecule has 5 nitrogen and oxygen atoms in total. The molecule has 6 heteroatoms. The first kappa shape index (κ1) is 19.8. The van der Waals surface area contributed by atoms with Crippen molar-refractivity contribution >= 4 is 29.2 Å². The number of hydrogen-bond donors (Lipinski definition) is 1. The highest BCUT2D eigenvalue weighted by Crippen LogP contribution is 2.31. The molecular weight excluding hydrogens is 354 g/mol. The molecule has 1 atom stereocenters. The number of carbonyl (C=O) groups excluding carboxylic acids is 2. The molecule has 0 fully saturated rings. The number of halogens is 1. The summed E-state index contributed by atoms with van der Waals surface area (Å²) < 4.78 is 10.4. The molecule has 0 aliphatic carbocycles. The molecule has 0 unspecified atom stereocenters. The van der Waals surface area contributed by atoms with Gasteiger partial charge in [-0.05, 0) is 30.5 Å². The molecule has 0 heterocycles. The van der Waals surface area contributed by atoms with Gasteiger partial charge in [0.05, 0.1) is 18.7 Å². The number of hydrogen-bond acceptors (Lipinski definition) is 4. The zero-order valence-electron chi connectivity index (χ0n) is 15.0. The van der Waals surface area contributed by atoms with E-state index in [9.17, 15) is 9.59 Å². The number of esters is 1. The van der Waals surface area contributed by atoms with Crippen LogP contribution in [0.25, 0.3) is 0 Å². The van der Waals surface area contributed by atoms with Crippen LogP contribution in [-0.4, -0.2) is 25.6 Å². The minimum atomic E-state index is -0.443. The van der Waals surface area contributed by atoms with Crippen LogP contribution in [0, 0.1) is 6.92 Å². The van der Waals surface area contributed by atoms with E-state index in [4.69, 9.17) is 21.1 Å². The molecule has 2 aromatic carbocycles. The van der Waals surface area contributed by atoms with Gasteiger partial charge in [-0.2, -0.15) is 0 Å². The Kier molecular flexibility index (Phi) is 7.04. The zero-order chi connectivity index (χ0) is 19.1. The third-order valence-electron chi connectivity index (χ3n) is 4.00. The van der Waals surface area contributed by atoms with Gasteiger partial charge < -0.3 is 14.8 Å². The minimum absolute atomic E-state index is 0.368. The Morgan fingerprint density at radius 2 is 1.88 bits per heavy atom. The summed E-state index contributed by atoms with van der Waals surface area (Å²) >= 11 is 6.05. The van der Waals surface area contributed by atoms with Crippen molar-refractivity contribution in [2.75, 3.05) is 19.0 Å². The Morgan fingerprint density at radius 3 is 2.50 bits per heavy atom. The van der Waals surface area contributed by atoms with Crippen LogP contribution in [0.4, 0.5) is 5.69 Å². The Morgan fingerprint density at radius 1 is 1.19 bits per heavy atom. The van der Waals surface area contributed by atoms with Crippen molar-refractivity contribution in [3.63, 3.8) is 0 Å². The predicted octanol–water partition coefficient (Wildman–Crippen LogP) is 4.33. The molecule has 0 bridgehead atoms. The number of aryl methyl sites for hydroxylation is 1. The number of methoxy groups -OCH3 is 1. The lowest BCUT2D eigenvalue weighted by Crippen LogP contribution is -2.24. The van der Waals surface area contributed by atoms with E-state index in [1.807, 2.05) is 44.2 Å². The van der Waals surface area contributed by atoms with Gasteiger partial charge in [-0.15, -0.1) is 0 Å². The van der Waals surface area contributed by atoms with Gasteiger partial charge in [-0.25, -0.2) is 0 Å². The summed E-state index contributed by atoms with van der Waals surface area (Å²) in [7, 11) is 1.49. The Balaban J connectivity index is 1.98. The molecule has 138 valence electrons. The third-order valence-corrected chi connectivity index (χ3v) is 4.40. The lowest BCUT2D eigenvalue weighted by Gasteiger charge is -2.15. The van der Waals surface area contributed by atoms with Gasteiger partial charge in [0.25, 0.3) is 5.91 Å². The number of benzene rings is 2. The summed E-state index contributed by atoms with van der Waals surface area (Å²) in [5.41, 5.74) is 2.15. The molecule has 1 N–H and O–H groups in total. The van der Waals surface area contributed by atoms with E-state index in [2.05, 4.69) is 5.32 Å². The summed E-state index contributed by atoms with van der Waals surface area (Å²) in [5.74, 6) is -0.818. The lowest BCUT2D eigenvalue weighted by atomic mass is 9.97. The van der Waals surface area contributed by atoms with E-state index in [1.54, 1.807) is 12.1 Å². The molecular formula is C20H22ClNO4. The maximum absolute atomic E-state index is 12.3. The molecule has 2 rings (SSSR count). The van der Waals surface area contributed by atoms with Gasteiger partial charge in [0, 0.05) is 11.1 Å². The summed E-state index contributed by atoms with van der Waals surface area (Å²) in [6, 6.07) is 12.7. The van der Waals surface area contributed by atoms with Crippen molar-refractivity contribution in [2.45, 2.75) is 26.2 Å². The van der Waals surface area contributed by atoms with Crippen LogP contribution in [0.1, 0.15) is 30.4 Å². The molecule has 26 heavy (non-hydrogen) atoms. The molecule has 1 amide bonds. The van der Waals surface area contributed by atoms with Gasteiger partial charge in [0.1, 0.15) is 5.75 Å². The SMILES string of the molecule is CC[C@H](C(=O)OCC(=O)Nc1cc(C)c(Cl)cc1OC)c1ccccc1. The van der Waals surface area contributed by atoms with Crippen molar-refractivity contribution in [1.29, 1.82) is 0 Å². The van der Waals surface area contributed by atoms with Gasteiger partial charge in [-0.3, -0.25) is 9.59 Å². The minimum Gasteiger partial charge on any atom is -0.495 e. The van der Waals surface area contributed by atoms with Crippen LogP contribution in [0.2, 0.25) is 5.02 Å². The molecule has 0 aliphatic rings. The standard InChI is InChI=1S/C20H22ClNO4/c1-4-15(14-8-6-5-7-9-14)20(24)26-12-19(23)22-17-10-13(2)16(21)11-18(17)25-3/h5-11,15H,4,12H2,1-3H3,(H,22,23)/t15-/m0/s1. The van der Waals surface area contributed by atoms with Crippen LogP contribution in [0.5, 0.6) is 5.75 Å². The molecule has 0 radical (unpaired) electrons. The van der Waals surface area contributed by atoms with E-state index >= 15 is 0 Å². The fourth-order valence-corrected chi connectivity index (χ4v) is 2.73. The maximum Gasteiger partial charge on any atom is 0.313 e. The van der Waals surface area contributed by atoms with E-state index in [0.717, 1.165) is 11.1 Å². The first-order valence-corrected chi connectivity index (χ1v) is 8.69. The van der Waals surface area contributed by atoms with Crippen LogP contribution >= 0.6 is 11.6 Å². The van der Waals surface area contributed by atoms with E-state index < -0.39 is 17.8 Å². The zero-order valence-corrected chi connectivity index (χ0v) is 15.8. The van der Waals surface area contributed by atoms with Crippen molar-refractivity contribution in [3.05, 3.63) is 58.6 Å². The largest absolute Gasteiger partial charge is 0.495 e. The molecule has 2 aromatic rings. The maximum atomic E-state index is 12.3. The number of nitrogens with one attached hydrogen (secondary N) is 1. The van der Waals surface area contributed by atoms with E-state index in [-0.39, 0.29) is 6.61 Å². The number of carbonyl (C=O) groups is 2. The van der Waals surface area contributed by atoms with Gasteiger partial charge >= 0.3 is 5.97 Å². The summed E-state index contributed by atoms with van der Waals surface area (Å²) in [5, 5.41) is 3.22. The fraction of sp³-hybridized carbons (Fsp3) is 0.300. The molecule has 0 aromatic heterocycles. The summed E-state index contributed by atoms with van der Waals surface area (Å²) in [6.07, 6.45) is 0.592. The van der Waals surface area contributed by atoms with E-state index in [1.165, 1.54) is 7.11 Å². The average molecular weight is 376 g/mol. The van der Waals surface area contributed by atoms with Crippen molar-refractivity contribution in [2.24, 2.45) is 0 Å². The number of rotatable bonds is 7. The van der Waals surface area contributed by atoms with Crippen molar-refractivity contribution < 1.29 is 19.1 Å². The molecule has 0 saturated carbocycles. The van der Waals surface area contributed by atoms with Crippen molar-refractivity contribution in [3.8, 4) is 5.75 Å². The second-order valence-corrected chi connectivity index (χ2v) is 6.24. The Bertz CT molecular complexity index is 777. The lowest BCUT2D eigenvalue weighted by molar-refractivity contribution is -0.149. The predicted molar refractivity (Wildman–Crippen MR) is 102 cm³/mol. The highest BCUT2D eigenvalue weighted by molar-refractivity contribution is 6.31. The average Bonchev–Trinajstić information content (AvgIpc) is 2.64. The molecule has 0 saturated heterocycles. The van der Waals surface area contributed by atoms with Gasteiger partial charge in [0.15, 0.2) is 6.61 Å². The van der Waals surface area contributed by atoms with Crippen LogP contribution in [-0.2, 0) is 14.3 Å². The third kappa shape index (κ3) is 4.99. The number of ether oxygens (including phenoxy) is 2. The second-order valence-electron chi connectivity index (χ2n) is 5.83. The summed E-state index contributed by atoms with van der Waals surface area (Å²) in [6.45, 7) is 3.36. The Hall–Kier alpha value is -2.53. The first-order chi connectivity index (χ1) is 12.5. The fourth-order valence-electron chi connectivity index (χ4n) is 2.58. The first-order valence-electron chi connectivity index (χ1n) is 8.31. The van der Waals surface area contributed by atoms with Crippen LogP contribution in [0.3, 0.4) is 0 Å². The van der Waals surface area contributed by atoms with Gasteiger partial charge in [-0.1, -0.05) is 48.9 Å². The highest BCUT2D eigenvalue weighted by atomic mass is 35.5. The molecule has 0 aliphatic heterocycles. The highest BCUT2D eigenvalue weighted by Gasteiger charge is 2.21. The van der Waals surface area contributed by atoms with E-state index in [0.29, 0.717) is 22.9 Å². The summed E-state index contributed by atoms with van der Waals surface area (Å²) in [4.78, 5) is 24.5. The number of amides is 1. The van der Waals surface area contributed by atoms with Gasteiger partial charge in [0.2, 0.25) is 0 Å². The number of anilines is 1.